The maximum atomic E-state index is 12.3. The van der Waals surface area contributed by atoms with Crippen molar-refractivity contribution in [2.45, 2.75) is 20.0 Å². The molecule has 0 unspecified atom stereocenters. The van der Waals surface area contributed by atoms with Crippen LogP contribution in [0.2, 0.25) is 0 Å². The molecule has 6 nitrogen and oxygen atoms in total. The minimum atomic E-state index is -0.212. The zero-order valence-electron chi connectivity index (χ0n) is 15.9. The van der Waals surface area contributed by atoms with Gasteiger partial charge in [-0.2, -0.15) is 0 Å². The Kier molecular flexibility index (Phi) is 5.76. The first kappa shape index (κ1) is 18.5. The van der Waals surface area contributed by atoms with E-state index in [4.69, 9.17) is 0 Å². The smallest absolute Gasteiger partial charge is 0.319 e. The topological polar surface area (TPSA) is 62.2 Å². The lowest BCUT2D eigenvalue weighted by Gasteiger charge is -2.16. The van der Waals surface area contributed by atoms with Gasteiger partial charge in [0.15, 0.2) is 0 Å². The Morgan fingerprint density at radius 3 is 2.67 bits per heavy atom. The normalized spacial score (nSPS) is 10.5. The Morgan fingerprint density at radius 1 is 1.15 bits per heavy atom. The second-order valence-corrected chi connectivity index (χ2v) is 6.76. The fourth-order valence-corrected chi connectivity index (χ4v) is 2.84. The van der Waals surface area contributed by atoms with Crippen molar-refractivity contribution in [2.24, 2.45) is 0 Å². The number of nitrogens with one attached hydrogen (secondary N) is 2. The minimum Gasteiger partial charge on any atom is -0.378 e. The largest absolute Gasteiger partial charge is 0.378 e. The molecule has 0 spiro atoms. The van der Waals surface area contributed by atoms with Gasteiger partial charge in [-0.15, -0.1) is 0 Å². The number of anilines is 2. The van der Waals surface area contributed by atoms with Crippen molar-refractivity contribution >= 4 is 17.4 Å². The number of aryl methyl sites for hydroxylation is 1. The molecule has 0 aliphatic rings. The Morgan fingerprint density at radius 2 is 1.96 bits per heavy atom. The fourth-order valence-electron chi connectivity index (χ4n) is 2.84. The highest BCUT2D eigenvalue weighted by Gasteiger charge is 2.06. The molecule has 0 fully saturated rings. The zero-order valence-corrected chi connectivity index (χ0v) is 15.9. The number of rotatable bonds is 6. The van der Waals surface area contributed by atoms with Crippen LogP contribution in [0.25, 0.3) is 0 Å². The van der Waals surface area contributed by atoms with E-state index in [0.717, 1.165) is 29.0 Å². The van der Waals surface area contributed by atoms with Gasteiger partial charge in [0, 0.05) is 51.0 Å². The zero-order chi connectivity index (χ0) is 19.2. The van der Waals surface area contributed by atoms with Crippen molar-refractivity contribution < 1.29 is 4.79 Å². The van der Waals surface area contributed by atoms with Crippen LogP contribution in [0.4, 0.5) is 16.2 Å². The molecule has 0 saturated heterocycles. The van der Waals surface area contributed by atoms with Crippen molar-refractivity contribution in [1.29, 1.82) is 0 Å². The molecule has 0 radical (unpaired) electrons. The van der Waals surface area contributed by atoms with Crippen molar-refractivity contribution in [3.8, 4) is 0 Å². The molecule has 0 aliphatic heterocycles. The second kappa shape index (κ2) is 8.40. The van der Waals surface area contributed by atoms with E-state index in [9.17, 15) is 4.79 Å². The molecular formula is C21H25N5O. The van der Waals surface area contributed by atoms with Crippen LogP contribution in [0.1, 0.15) is 16.7 Å². The lowest BCUT2D eigenvalue weighted by Crippen LogP contribution is -2.28. The monoisotopic (exact) mass is 363 g/mol. The van der Waals surface area contributed by atoms with Gasteiger partial charge in [0.05, 0.1) is 6.33 Å². The maximum absolute atomic E-state index is 12.3. The van der Waals surface area contributed by atoms with Gasteiger partial charge in [0.1, 0.15) is 0 Å². The number of hydrogen-bond donors (Lipinski definition) is 2. The van der Waals surface area contributed by atoms with E-state index < -0.39 is 0 Å². The summed E-state index contributed by atoms with van der Waals surface area (Å²) in [7, 11) is 3.99. The Labute approximate surface area is 159 Å². The third-order valence-corrected chi connectivity index (χ3v) is 4.34. The molecule has 3 aromatic rings. The number of urea groups is 1. The third-order valence-electron chi connectivity index (χ3n) is 4.34. The first-order chi connectivity index (χ1) is 13.0. The summed E-state index contributed by atoms with van der Waals surface area (Å²) in [5.74, 6) is 0. The van der Waals surface area contributed by atoms with E-state index in [2.05, 4.69) is 33.8 Å². The average Bonchev–Trinajstić information content (AvgIpc) is 3.15. The minimum absolute atomic E-state index is 0.212. The molecule has 6 heteroatoms. The Bertz CT molecular complexity index is 903. The number of imidazole rings is 1. The van der Waals surface area contributed by atoms with Crippen LogP contribution >= 0.6 is 0 Å². The summed E-state index contributed by atoms with van der Waals surface area (Å²) in [6, 6.07) is 13.9. The summed E-state index contributed by atoms with van der Waals surface area (Å²) in [6.45, 7) is 3.22. The van der Waals surface area contributed by atoms with Gasteiger partial charge < -0.3 is 20.1 Å². The first-order valence-electron chi connectivity index (χ1n) is 8.87. The second-order valence-electron chi connectivity index (χ2n) is 6.76. The van der Waals surface area contributed by atoms with E-state index in [1.807, 2.05) is 60.9 Å². The van der Waals surface area contributed by atoms with Gasteiger partial charge in [-0.3, -0.25) is 0 Å². The average molecular weight is 363 g/mol. The quantitative estimate of drug-likeness (QED) is 0.703. The lowest BCUT2D eigenvalue weighted by molar-refractivity contribution is 0.251. The molecule has 0 saturated carbocycles. The number of carbonyl (C=O) groups excluding carboxylic acids is 1. The highest BCUT2D eigenvalue weighted by molar-refractivity contribution is 5.90. The van der Waals surface area contributed by atoms with Crippen LogP contribution in [0.15, 0.2) is 61.2 Å². The molecule has 0 aliphatic carbocycles. The third kappa shape index (κ3) is 5.10. The molecule has 140 valence electrons. The lowest BCUT2D eigenvalue weighted by atomic mass is 10.1. The number of carbonyl (C=O) groups is 1. The van der Waals surface area contributed by atoms with Gasteiger partial charge in [-0.1, -0.05) is 24.3 Å². The predicted molar refractivity (Wildman–Crippen MR) is 109 cm³/mol. The number of amides is 2. The Balaban J connectivity index is 1.56. The molecule has 1 aromatic heterocycles. The van der Waals surface area contributed by atoms with Gasteiger partial charge in [0.25, 0.3) is 0 Å². The summed E-state index contributed by atoms with van der Waals surface area (Å²) in [4.78, 5) is 18.3. The van der Waals surface area contributed by atoms with Crippen molar-refractivity contribution in [1.82, 2.24) is 14.9 Å². The van der Waals surface area contributed by atoms with Crippen LogP contribution < -0.4 is 15.5 Å². The maximum Gasteiger partial charge on any atom is 0.319 e. The van der Waals surface area contributed by atoms with E-state index in [-0.39, 0.29) is 6.03 Å². The summed E-state index contributed by atoms with van der Waals surface area (Å²) >= 11 is 0. The first-order valence-corrected chi connectivity index (χ1v) is 8.87. The van der Waals surface area contributed by atoms with E-state index >= 15 is 0 Å². The SMILES string of the molecule is Cc1cc(N(C)C)ccc1NC(=O)NCc1cccc(Cn2ccnc2)c1. The number of benzene rings is 2. The Hall–Kier alpha value is -3.28. The molecule has 2 amide bonds. The number of aromatic nitrogens is 2. The van der Waals surface area contributed by atoms with Crippen molar-refractivity contribution in [3.63, 3.8) is 0 Å². The number of nitrogens with zero attached hydrogens (tertiary/aromatic N) is 3. The highest BCUT2D eigenvalue weighted by atomic mass is 16.2. The van der Waals surface area contributed by atoms with Gasteiger partial charge in [-0.05, 0) is 41.8 Å². The standard InChI is InChI=1S/C21H25N5O/c1-16-11-19(25(2)3)7-8-20(16)24-21(27)23-13-17-5-4-6-18(12-17)14-26-10-9-22-15-26/h4-12,15H,13-14H2,1-3H3,(H2,23,24,27). The fraction of sp³-hybridized carbons (Fsp3) is 0.238. The molecule has 0 atom stereocenters. The van der Waals surface area contributed by atoms with Crippen molar-refractivity contribution in [2.75, 3.05) is 24.3 Å². The van der Waals surface area contributed by atoms with Crippen molar-refractivity contribution in [3.05, 3.63) is 77.9 Å². The van der Waals surface area contributed by atoms with Crippen LogP contribution in [0.3, 0.4) is 0 Å². The molecule has 1 heterocycles. The summed E-state index contributed by atoms with van der Waals surface area (Å²) < 4.78 is 2.01. The molecule has 2 N–H and O–H groups in total. The molecular weight excluding hydrogens is 338 g/mol. The van der Waals surface area contributed by atoms with E-state index in [1.54, 1.807) is 12.5 Å². The summed E-state index contributed by atoms with van der Waals surface area (Å²) in [5, 5.41) is 5.84. The predicted octanol–water partition coefficient (Wildman–Crippen LogP) is 3.63. The molecule has 2 aromatic carbocycles. The highest BCUT2D eigenvalue weighted by Crippen LogP contribution is 2.21. The van der Waals surface area contributed by atoms with E-state index in [0.29, 0.717) is 6.54 Å². The van der Waals surface area contributed by atoms with Crippen LogP contribution in [-0.2, 0) is 13.1 Å². The summed E-state index contributed by atoms with van der Waals surface area (Å²) in [5.41, 5.74) is 5.17. The summed E-state index contributed by atoms with van der Waals surface area (Å²) in [6.07, 6.45) is 5.49. The van der Waals surface area contributed by atoms with Gasteiger partial charge >= 0.3 is 6.03 Å². The van der Waals surface area contributed by atoms with Gasteiger partial charge in [-0.25, -0.2) is 9.78 Å². The molecule has 27 heavy (non-hydrogen) atoms. The van der Waals surface area contributed by atoms with Crippen LogP contribution in [0.5, 0.6) is 0 Å². The van der Waals surface area contributed by atoms with Crippen LogP contribution in [-0.4, -0.2) is 29.7 Å². The molecule has 3 rings (SSSR count). The van der Waals surface area contributed by atoms with Gasteiger partial charge in [0.2, 0.25) is 0 Å². The molecule has 0 bridgehead atoms. The van der Waals surface area contributed by atoms with E-state index in [1.165, 1.54) is 5.56 Å². The number of hydrogen-bond acceptors (Lipinski definition) is 3. The van der Waals surface area contributed by atoms with Crippen LogP contribution in [0, 0.1) is 6.92 Å².